The van der Waals surface area contributed by atoms with Crippen LogP contribution in [0.15, 0.2) is 51.8 Å². The van der Waals surface area contributed by atoms with Gasteiger partial charge in [0.05, 0.1) is 11.4 Å². The van der Waals surface area contributed by atoms with E-state index < -0.39 is 10.0 Å². The molecule has 0 saturated carbocycles. The third-order valence-corrected chi connectivity index (χ3v) is 8.63. The van der Waals surface area contributed by atoms with Crippen LogP contribution >= 0.6 is 11.6 Å². The highest BCUT2D eigenvalue weighted by Crippen LogP contribution is 2.23. The molecule has 3 aromatic rings. The number of fused-ring (bicyclic) bond motifs is 1. The van der Waals surface area contributed by atoms with Gasteiger partial charge in [0.15, 0.2) is 5.58 Å². The summed E-state index contributed by atoms with van der Waals surface area (Å²) in [4.78, 5) is 21.7. The van der Waals surface area contributed by atoms with Gasteiger partial charge < -0.3 is 9.32 Å². The zero-order valence-electron chi connectivity index (χ0n) is 18.8. The number of carbonyl (C=O) groups excluding carboxylic acids is 1. The van der Waals surface area contributed by atoms with E-state index in [4.69, 9.17) is 16.0 Å². The van der Waals surface area contributed by atoms with Gasteiger partial charge in [-0.3, -0.25) is 9.69 Å². The molecule has 180 valence electrons. The third kappa shape index (κ3) is 4.84. The number of likely N-dealkylation sites (tertiary alicyclic amines) is 1. The Labute approximate surface area is 204 Å². The van der Waals surface area contributed by atoms with E-state index in [1.54, 1.807) is 30.3 Å². The largest absolute Gasteiger partial charge is 0.439 e. The molecule has 0 N–H and O–H groups in total. The number of aromatic nitrogens is 1. The summed E-state index contributed by atoms with van der Waals surface area (Å²) in [5.74, 6) is 0.607. The van der Waals surface area contributed by atoms with Crippen LogP contribution in [0, 0.1) is 0 Å². The number of amides is 1. The molecule has 5 rings (SSSR count). The van der Waals surface area contributed by atoms with Gasteiger partial charge in [0, 0.05) is 49.9 Å². The topological polar surface area (TPSA) is 87.0 Å². The van der Waals surface area contributed by atoms with E-state index in [1.807, 2.05) is 4.90 Å². The van der Waals surface area contributed by atoms with Crippen molar-refractivity contribution in [1.29, 1.82) is 0 Å². The van der Waals surface area contributed by atoms with Crippen molar-refractivity contribution in [1.82, 2.24) is 19.1 Å². The first-order chi connectivity index (χ1) is 16.4. The zero-order valence-corrected chi connectivity index (χ0v) is 20.4. The van der Waals surface area contributed by atoms with Crippen molar-refractivity contribution in [2.75, 3.05) is 39.3 Å². The van der Waals surface area contributed by atoms with Crippen molar-refractivity contribution in [3.63, 3.8) is 0 Å². The van der Waals surface area contributed by atoms with Gasteiger partial charge in [-0.25, -0.2) is 13.4 Å². The van der Waals surface area contributed by atoms with Crippen molar-refractivity contribution in [2.24, 2.45) is 0 Å². The van der Waals surface area contributed by atoms with Crippen molar-refractivity contribution in [2.45, 2.75) is 30.7 Å². The Kier molecular flexibility index (Phi) is 6.61. The van der Waals surface area contributed by atoms with Crippen LogP contribution in [0.5, 0.6) is 0 Å². The molecule has 1 aromatic heterocycles. The van der Waals surface area contributed by atoms with Gasteiger partial charge in [-0.1, -0.05) is 11.6 Å². The third-order valence-electron chi connectivity index (χ3n) is 6.46. The summed E-state index contributed by atoms with van der Waals surface area (Å²) >= 11 is 5.88. The molecule has 34 heavy (non-hydrogen) atoms. The Balaban J connectivity index is 1.22. The van der Waals surface area contributed by atoms with E-state index in [9.17, 15) is 13.2 Å². The molecule has 2 aliphatic heterocycles. The Morgan fingerprint density at radius 2 is 1.65 bits per heavy atom. The fourth-order valence-electron chi connectivity index (χ4n) is 4.53. The molecule has 0 spiro atoms. The number of piperidine rings is 1. The molecule has 0 unspecified atom stereocenters. The van der Waals surface area contributed by atoms with E-state index in [-0.39, 0.29) is 10.8 Å². The number of rotatable bonds is 5. The smallest absolute Gasteiger partial charge is 0.253 e. The van der Waals surface area contributed by atoms with Crippen LogP contribution in [0.3, 0.4) is 0 Å². The summed E-state index contributed by atoms with van der Waals surface area (Å²) in [7, 11) is -3.54. The maximum Gasteiger partial charge on any atom is 0.253 e. The lowest BCUT2D eigenvalue weighted by Crippen LogP contribution is -2.48. The molecule has 0 bridgehead atoms. The van der Waals surface area contributed by atoms with E-state index in [0.29, 0.717) is 60.3 Å². The van der Waals surface area contributed by atoms with Crippen LogP contribution in [0.1, 0.15) is 35.5 Å². The molecule has 2 saturated heterocycles. The molecular formula is C24H27ClN4O4S. The SMILES string of the molecule is O=C(c1ccc2oc(CN3CCN(S(=O)(=O)c4ccc(Cl)cc4)CC3)nc2c1)N1CCCCC1. The normalized spacial score (nSPS) is 18.4. The summed E-state index contributed by atoms with van der Waals surface area (Å²) in [5, 5.41) is 0.505. The molecule has 8 nitrogen and oxygen atoms in total. The number of piperazine rings is 1. The predicted molar refractivity (Wildman–Crippen MR) is 129 cm³/mol. The first-order valence-electron chi connectivity index (χ1n) is 11.6. The average Bonchev–Trinajstić information content (AvgIpc) is 3.26. The minimum absolute atomic E-state index is 0.0455. The van der Waals surface area contributed by atoms with Crippen molar-refractivity contribution < 1.29 is 17.6 Å². The average molecular weight is 503 g/mol. The molecule has 0 radical (unpaired) electrons. The second-order valence-corrected chi connectivity index (χ2v) is 11.2. The molecule has 0 aliphatic carbocycles. The zero-order chi connectivity index (χ0) is 23.7. The van der Waals surface area contributed by atoms with Crippen LogP contribution in [0.4, 0.5) is 0 Å². The van der Waals surface area contributed by atoms with E-state index >= 15 is 0 Å². The second kappa shape index (κ2) is 9.65. The summed E-state index contributed by atoms with van der Waals surface area (Å²) in [5.41, 5.74) is 1.95. The summed E-state index contributed by atoms with van der Waals surface area (Å²) < 4.78 is 33.2. The molecule has 2 aromatic carbocycles. The maximum atomic E-state index is 12.9. The summed E-state index contributed by atoms with van der Waals surface area (Å²) in [6.07, 6.45) is 3.28. The number of halogens is 1. The van der Waals surface area contributed by atoms with Crippen molar-refractivity contribution in [3.05, 3.63) is 58.9 Å². The molecule has 2 aliphatic rings. The van der Waals surface area contributed by atoms with E-state index in [1.165, 1.54) is 22.9 Å². The van der Waals surface area contributed by atoms with Gasteiger partial charge in [-0.15, -0.1) is 0 Å². The lowest BCUT2D eigenvalue weighted by molar-refractivity contribution is 0.0724. The molecular weight excluding hydrogens is 476 g/mol. The van der Waals surface area contributed by atoms with Gasteiger partial charge >= 0.3 is 0 Å². The van der Waals surface area contributed by atoms with E-state index in [0.717, 1.165) is 25.9 Å². The highest BCUT2D eigenvalue weighted by Gasteiger charge is 2.29. The maximum absolute atomic E-state index is 12.9. The van der Waals surface area contributed by atoms with E-state index in [2.05, 4.69) is 9.88 Å². The van der Waals surface area contributed by atoms with Crippen molar-refractivity contribution >= 4 is 38.6 Å². The molecule has 10 heteroatoms. The van der Waals surface area contributed by atoms with Crippen LogP contribution in [-0.4, -0.2) is 72.7 Å². The number of carbonyl (C=O) groups is 1. The highest BCUT2D eigenvalue weighted by molar-refractivity contribution is 7.89. The quantitative estimate of drug-likeness (QED) is 0.529. The Bertz CT molecular complexity index is 1280. The standard InChI is InChI=1S/C24H27ClN4O4S/c25-19-5-7-20(8-6-19)34(31,32)29-14-12-27(13-15-29)17-23-26-21-16-18(4-9-22(21)33-23)24(30)28-10-2-1-3-11-28/h4-9,16H,1-3,10-15,17H2. The molecule has 0 atom stereocenters. The van der Waals surface area contributed by atoms with Crippen molar-refractivity contribution in [3.8, 4) is 0 Å². The van der Waals surface area contributed by atoms with Gasteiger partial charge in [0.2, 0.25) is 15.9 Å². The highest BCUT2D eigenvalue weighted by atomic mass is 35.5. The lowest BCUT2D eigenvalue weighted by Gasteiger charge is -2.33. The second-order valence-electron chi connectivity index (χ2n) is 8.78. The minimum atomic E-state index is -3.54. The number of hydrogen-bond donors (Lipinski definition) is 0. The van der Waals surface area contributed by atoms with Gasteiger partial charge in [0.25, 0.3) is 5.91 Å². The number of oxazole rings is 1. The fraction of sp³-hybridized carbons (Fsp3) is 0.417. The van der Waals surface area contributed by atoms with Crippen LogP contribution in [0.25, 0.3) is 11.1 Å². The molecule has 3 heterocycles. The number of benzene rings is 2. The Morgan fingerprint density at radius 3 is 2.35 bits per heavy atom. The first kappa shape index (κ1) is 23.3. The van der Waals surface area contributed by atoms with Crippen LogP contribution in [0.2, 0.25) is 5.02 Å². The molecule has 2 fully saturated rings. The Hall–Kier alpha value is -2.46. The number of sulfonamides is 1. The Morgan fingerprint density at radius 1 is 0.941 bits per heavy atom. The number of nitrogens with zero attached hydrogens (tertiary/aromatic N) is 4. The van der Waals surface area contributed by atoms with Gasteiger partial charge in [0.1, 0.15) is 5.52 Å². The molecule has 1 amide bonds. The fourth-order valence-corrected chi connectivity index (χ4v) is 6.08. The predicted octanol–water partition coefficient (Wildman–Crippen LogP) is 3.61. The van der Waals surface area contributed by atoms with Gasteiger partial charge in [-0.2, -0.15) is 4.31 Å². The number of hydrogen-bond acceptors (Lipinski definition) is 6. The van der Waals surface area contributed by atoms with Crippen LogP contribution in [-0.2, 0) is 16.6 Å². The van der Waals surface area contributed by atoms with Crippen LogP contribution < -0.4 is 0 Å². The lowest BCUT2D eigenvalue weighted by atomic mass is 10.1. The summed E-state index contributed by atoms with van der Waals surface area (Å²) in [6, 6.07) is 11.6. The minimum Gasteiger partial charge on any atom is -0.439 e. The monoisotopic (exact) mass is 502 g/mol. The van der Waals surface area contributed by atoms with Gasteiger partial charge in [-0.05, 0) is 61.7 Å². The first-order valence-corrected chi connectivity index (χ1v) is 13.4. The summed E-state index contributed by atoms with van der Waals surface area (Å²) in [6.45, 7) is 4.02.